The molecule has 50 heavy (non-hydrogen) atoms. The molecule has 5 aliphatic carbocycles. The number of esters is 1. The number of carbonyl (C=O) groups excluding carboxylic acids is 4. The molecular weight excluding hydrogens is 628 g/mol. The number of Topliss-reactive ketones (excluding diaryl/α,β-unsaturated/α-hetero) is 1. The fourth-order valence-corrected chi connectivity index (χ4v) is 13.0. The van der Waals surface area contributed by atoms with Gasteiger partial charge in [0.1, 0.15) is 17.4 Å². The molecule has 0 heterocycles. The van der Waals surface area contributed by atoms with Crippen LogP contribution in [-0.4, -0.2) is 49.1 Å². The number of nitrogens with one attached hydrogen (secondary N) is 2. The van der Waals surface area contributed by atoms with Gasteiger partial charge in [0.2, 0.25) is 5.91 Å². The molecule has 10 atom stereocenters. The van der Waals surface area contributed by atoms with Gasteiger partial charge in [-0.15, -0.1) is 0 Å². The van der Waals surface area contributed by atoms with Gasteiger partial charge in [-0.2, -0.15) is 0 Å². The highest BCUT2D eigenvalue weighted by atomic mass is 16.6. The number of rotatable bonds is 9. The van der Waals surface area contributed by atoms with Crippen molar-refractivity contribution in [1.29, 1.82) is 0 Å². The number of carbonyl (C=O) groups is 4. The molecule has 2 N–H and O–H groups in total. The van der Waals surface area contributed by atoms with E-state index in [0.717, 1.165) is 44.9 Å². The van der Waals surface area contributed by atoms with Crippen LogP contribution >= 0.6 is 0 Å². The molecule has 5 rings (SSSR count). The molecule has 5 fully saturated rings. The molecule has 8 heteroatoms. The molecule has 5 aliphatic rings. The number of hydrogen-bond acceptors (Lipinski definition) is 6. The Kier molecular flexibility index (Phi) is 10.5. The summed E-state index contributed by atoms with van der Waals surface area (Å²) in [5.74, 6) is 2.27. The van der Waals surface area contributed by atoms with Crippen LogP contribution in [0.1, 0.15) is 146 Å². The first-order valence-corrected chi connectivity index (χ1v) is 19.7. The van der Waals surface area contributed by atoms with Gasteiger partial charge in [0.15, 0.2) is 0 Å². The highest BCUT2D eigenvalue weighted by Crippen LogP contribution is 2.77. The zero-order valence-electron chi connectivity index (χ0n) is 33.0. The van der Waals surface area contributed by atoms with E-state index in [0.29, 0.717) is 61.7 Å². The van der Waals surface area contributed by atoms with E-state index < -0.39 is 23.7 Å². The Bertz CT molecular complexity index is 1370. The van der Waals surface area contributed by atoms with E-state index in [1.54, 1.807) is 20.8 Å². The van der Waals surface area contributed by atoms with Crippen LogP contribution in [0.3, 0.4) is 0 Å². The van der Waals surface area contributed by atoms with Crippen molar-refractivity contribution in [3.05, 3.63) is 12.2 Å². The number of hydrogen-bond donors (Lipinski definition) is 2. The van der Waals surface area contributed by atoms with Crippen molar-refractivity contribution in [3.8, 4) is 0 Å². The maximum Gasteiger partial charge on any atom is 0.408 e. The van der Waals surface area contributed by atoms with E-state index in [1.165, 1.54) is 25.5 Å². The van der Waals surface area contributed by atoms with Crippen molar-refractivity contribution in [1.82, 2.24) is 10.6 Å². The Morgan fingerprint density at radius 3 is 2.24 bits per heavy atom. The fraction of sp³-hybridized carbons (Fsp3) is 0.857. The molecule has 282 valence electrons. The predicted octanol–water partition coefficient (Wildman–Crippen LogP) is 8.57. The summed E-state index contributed by atoms with van der Waals surface area (Å²) < 4.78 is 10.3. The maximum absolute atomic E-state index is 14.5. The quantitative estimate of drug-likeness (QED) is 0.142. The number of fused-ring (bicyclic) bond motifs is 7. The van der Waals surface area contributed by atoms with Gasteiger partial charge in [-0.05, 0) is 151 Å². The second kappa shape index (κ2) is 13.5. The third-order valence-corrected chi connectivity index (χ3v) is 15.6. The molecule has 0 aromatic heterocycles. The summed E-state index contributed by atoms with van der Waals surface area (Å²) in [6.45, 7) is 24.7. The Balaban J connectivity index is 1.29. The lowest BCUT2D eigenvalue weighted by Gasteiger charge is -2.72. The highest BCUT2D eigenvalue weighted by molar-refractivity contribution is 5.86. The Morgan fingerprint density at radius 2 is 1.60 bits per heavy atom. The standard InChI is InChI=1S/C42H68N2O6/c1-26(2)27-17-22-42(35(47)43-25-13-12-14-29(34(46)49-11)44-36(48)50-37(3,4)5)24-23-40(9)28(33(27)42)15-16-31-39(8)20-19-32(45)38(6,7)30(39)18-21-41(31,40)10/h27-31,33H,1,12-25H2,2-11H3,(H,43,47)(H,44,48)/t27?,28-,29?,30+,31-,33?,39+,40-,41-,42?/m1/s1. The van der Waals surface area contributed by atoms with Gasteiger partial charge >= 0.3 is 12.1 Å². The van der Waals surface area contributed by atoms with Crippen molar-refractivity contribution in [2.24, 2.45) is 56.7 Å². The second-order valence-corrected chi connectivity index (χ2v) is 19.5. The average Bonchev–Trinajstić information content (AvgIpc) is 3.43. The molecule has 4 unspecified atom stereocenters. The first-order chi connectivity index (χ1) is 23.2. The highest BCUT2D eigenvalue weighted by Gasteiger charge is 2.71. The number of ether oxygens (including phenoxy) is 2. The summed E-state index contributed by atoms with van der Waals surface area (Å²) in [4.78, 5) is 52.3. The van der Waals surface area contributed by atoms with Gasteiger partial charge in [-0.3, -0.25) is 9.59 Å². The topological polar surface area (TPSA) is 111 Å². The largest absolute Gasteiger partial charge is 0.467 e. The van der Waals surface area contributed by atoms with Gasteiger partial charge in [0, 0.05) is 18.4 Å². The number of ketones is 1. The molecular formula is C42H68N2O6. The van der Waals surface area contributed by atoms with E-state index in [4.69, 9.17) is 9.47 Å². The Morgan fingerprint density at radius 1 is 0.900 bits per heavy atom. The smallest absolute Gasteiger partial charge is 0.408 e. The van der Waals surface area contributed by atoms with E-state index in [-0.39, 0.29) is 38.9 Å². The van der Waals surface area contributed by atoms with Gasteiger partial charge < -0.3 is 20.1 Å². The van der Waals surface area contributed by atoms with Gasteiger partial charge in [0.05, 0.1) is 12.5 Å². The molecule has 0 aromatic rings. The van der Waals surface area contributed by atoms with E-state index >= 15 is 0 Å². The lowest BCUT2D eigenvalue weighted by atomic mass is 9.32. The Labute approximate surface area is 302 Å². The van der Waals surface area contributed by atoms with Crippen LogP contribution in [0.15, 0.2) is 12.2 Å². The van der Waals surface area contributed by atoms with Crippen LogP contribution < -0.4 is 10.6 Å². The zero-order valence-corrected chi connectivity index (χ0v) is 33.0. The van der Waals surface area contributed by atoms with Gasteiger partial charge in [-0.1, -0.05) is 46.8 Å². The van der Waals surface area contributed by atoms with Crippen LogP contribution in [0.2, 0.25) is 0 Å². The molecule has 5 saturated carbocycles. The number of alkyl carbamates (subject to hydrolysis) is 1. The van der Waals surface area contributed by atoms with Crippen LogP contribution in [-0.2, 0) is 23.9 Å². The van der Waals surface area contributed by atoms with Gasteiger partial charge in [0.25, 0.3) is 0 Å². The number of amides is 2. The van der Waals surface area contributed by atoms with Crippen LogP contribution in [0.25, 0.3) is 0 Å². The second-order valence-electron chi connectivity index (χ2n) is 19.5. The van der Waals surface area contributed by atoms with Crippen molar-refractivity contribution in [2.45, 2.75) is 157 Å². The number of unbranched alkanes of at least 4 members (excludes halogenated alkanes) is 1. The summed E-state index contributed by atoms with van der Waals surface area (Å²) in [5.41, 5.74) is 0.383. The van der Waals surface area contributed by atoms with Crippen LogP contribution in [0.5, 0.6) is 0 Å². The minimum absolute atomic E-state index is 0.131. The van der Waals surface area contributed by atoms with E-state index in [9.17, 15) is 19.2 Å². The van der Waals surface area contributed by atoms with Crippen molar-refractivity contribution >= 4 is 23.8 Å². The van der Waals surface area contributed by atoms with E-state index in [2.05, 4.69) is 58.8 Å². The van der Waals surface area contributed by atoms with Crippen LogP contribution in [0, 0.1) is 56.7 Å². The van der Waals surface area contributed by atoms with Crippen molar-refractivity contribution < 1.29 is 28.7 Å². The normalized spacial score (nSPS) is 39.5. The van der Waals surface area contributed by atoms with Gasteiger partial charge in [-0.25, -0.2) is 9.59 Å². The SMILES string of the molecule is C=C(C)C1CCC2(C(=O)NCCCCC(NC(=O)OC(C)(C)C)C(=O)OC)CC[C@]3(C)[C@H](CC[C@@H]4[C@@]5(C)CCC(=O)C(C)(C)[C@@H]5CC[C@]43C)C12. The number of allylic oxidation sites excluding steroid dienone is 1. The minimum Gasteiger partial charge on any atom is -0.467 e. The Hall–Kier alpha value is -2.38. The molecule has 0 saturated heterocycles. The monoisotopic (exact) mass is 697 g/mol. The van der Waals surface area contributed by atoms with Crippen molar-refractivity contribution in [3.63, 3.8) is 0 Å². The van der Waals surface area contributed by atoms with E-state index in [1.807, 2.05) is 0 Å². The number of methoxy groups -OCH3 is 1. The average molecular weight is 697 g/mol. The molecule has 0 bridgehead atoms. The maximum atomic E-state index is 14.5. The summed E-state index contributed by atoms with van der Waals surface area (Å²) in [6.07, 6.45) is 11.3. The fourth-order valence-electron chi connectivity index (χ4n) is 13.0. The molecule has 0 radical (unpaired) electrons. The summed E-state index contributed by atoms with van der Waals surface area (Å²) in [6, 6.07) is -0.801. The third-order valence-electron chi connectivity index (χ3n) is 15.6. The predicted molar refractivity (Wildman–Crippen MR) is 196 cm³/mol. The first-order valence-electron chi connectivity index (χ1n) is 19.7. The third kappa shape index (κ3) is 6.35. The molecule has 8 nitrogen and oxygen atoms in total. The molecule has 0 aromatic carbocycles. The lowest BCUT2D eigenvalue weighted by molar-refractivity contribution is -0.233. The summed E-state index contributed by atoms with van der Waals surface area (Å²) in [5, 5.41) is 6.01. The minimum atomic E-state index is -0.801. The summed E-state index contributed by atoms with van der Waals surface area (Å²) in [7, 11) is 1.31. The first kappa shape index (κ1) is 38.8. The van der Waals surface area contributed by atoms with Crippen molar-refractivity contribution in [2.75, 3.05) is 13.7 Å². The molecule has 0 spiro atoms. The lowest BCUT2D eigenvalue weighted by Crippen LogP contribution is -2.67. The zero-order chi connectivity index (χ0) is 37.1. The molecule has 2 amide bonds. The summed E-state index contributed by atoms with van der Waals surface area (Å²) >= 11 is 0. The van der Waals surface area contributed by atoms with Crippen LogP contribution in [0.4, 0.5) is 4.79 Å². The molecule has 0 aliphatic heterocycles.